The van der Waals surface area contributed by atoms with Crippen LogP contribution in [0.5, 0.6) is 5.75 Å². The average molecular weight is 409 g/mol. The molecule has 0 fully saturated rings. The van der Waals surface area contributed by atoms with Crippen LogP contribution in [-0.2, 0) is 10.1 Å². The summed E-state index contributed by atoms with van der Waals surface area (Å²) >= 11 is 0. The molecular formula is C21H19N3O4S. The molecule has 0 heterocycles. The fourth-order valence-electron chi connectivity index (χ4n) is 2.35. The number of nitrogens with zero attached hydrogens (tertiary/aromatic N) is 1. The molecule has 0 atom stereocenters. The third-order valence-corrected chi connectivity index (χ3v) is 5.21. The summed E-state index contributed by atoms with van der Waals surface area (Å²) in [6.07, 6.45) is 1.44. The molecule has 0 aliphatic heterocycles. The Morgan fingerprint density at radius 2 is 1.59 bits per heavy atom. The van der Waals surface area contributed by atoms with Gasteiger partial charge in [0, 0.05) is 11.3 Å². The van der Waals surface area contributed by atoms with Crippen LogP contribution >= 0.6 is 0 Å². The van der Waals surface area contributed by atoms with Gasteiger partial charge in [-0.25, -0.2) is 5.43 Å². The van der Waals surface area contributed by atoms with Gasteiger partial charge in [0.2, 0.25) is 0 Å². The quantitative estimate of drug-likeness (QED) is 0.281. The molecule has 0 saturated carbocycles. The second-order valence-corrected chi connectivity index (χ2v) is 7.79. The Bertz CT molecular complexity index is 1120. The number of hydrogen-bond donors (Lipinski definition) is 2. The summed E-state index contributed by atoms with van der Waals surface area (Å²) in [5, 5.41) is 3.89. The molecule has 0 radical (unpaired) electrons. The highest BCUT2D eigenvalue weighted by Gasteiger charge is 2.16. The third-order valence-electron chi connectivity index (χ3n) is 3.95. The van der Waals surface area contributed by atoms with Gasteiger partial charge < -0.3 is 9.92 Å². The molecular weight excluding hydrogens is 390 g/mol. The van der Waals surface area contributed by atoms with Gasteiger partial charge in [-0.15, -0.1) is 0 Å². The van der Waals surface area contributed by atoms with E-state index in [2.05, 4.69) is 10.5 Å². The van der Waals surface area contributed by atoms with Crippen molar-refractivity contribution in [2.45, 2.75) is 11.8 Å². The zero-order valence-electron chi connectivity index (χ0n) is 15.6. The van der Waals surface area contributed by atoms with Gasteiger partial charge in [-0.3, -0.25) is 4.79 Å². The van der Waals surface area contributed by atoms with Crippen LogP contribution in [0.4, 0.5) is 5.69 Å². The smallest absolute Gasteiger partial charge is 0.339 e. The topological polar surface area (TPSA) is 111 Å². The lowest BCUT2D eigenvalue weighted by atomic mass is 10.2. The molecule has 7 nitrogen and oxygen atoms in total. The van der Waals surface area contributed by atoms with Gasteiger partial charge >= 0.3 is 10.1 Å². The maximum atomic E-state index is 12.3. The van der Waals surface area contributed by atoms with E-state index in [1.807, 2.05) is 6.92 Å². The first-order valence-electron chi connectivity index (χ1n) is 8.64. The van der Waals surface area contributed by atoms with Crippen molar-refractivity contribution in [1.29, 1.82) is 0 Å². The van der Waals surface area contributed by atoms with Gasteiger partial charge in [-0.1, -0.05) is 17.7 Å². The Labute approximate surface area is 169 Å². The molecule has 0 spiro atoms. The first-order valence-corrected chi connectivity index (χ1v) is 10.0. The highest BCUT2D eigenvalue weighted by molar-refractivity contribution is 7.87. The van der Waals surface area contributed by atoms with E-state index in [-0.39, 0.29) is 16.6 Å². The Kier molecular flexibility index (Phi) is 5.94. The van der Waals surface area contributed by atoms with Crippen molar-refractivity contribution in [1.82, 2.24) is 5.43 Å². The molecule has 0 unspecified atom stereocenters. The lowest BCUT2D eigenvalue weighted by molar-refractivity contribution is 0.0955. The van der Waals surface area contributed by atoms with Crippen LogP contribution in [0.25, 0.3) is 0 Å². The molecule has 3 aromatic carbocycles. The summed E-state index contributed by atoms with van der Waals surface area (Å²) < 4.78 is 29.7. The van der Waals surface area contributed by atoms with E-state index in [1.165, 1.54) is 30.5 Å². The number of amides is 1. The fraction of sp³-hybridized carbons (Fsp3) is 0.0476. The Morgan fingerprint density at radius 1 is 0.966 bits per heavy atom. The van der Waals surface area contributed by atoms with Gasteiger partial charge in [0.15, 0.2) is 0 Å². The summed E-state index contributed by atoms with van der Waals surface area (Å²) in [6.45, 7) is 1.87. The number of carbonyl (C=O) groups is 1. The van der Waals surface area contributed by atoms with E-state index < -0.39 is 10.1 Å². The molecule has 0 aromatic heterocycles. The average Bonchev–Trinajstić information content (AvgIpc) is 2.70. The van der Waals surface area contributed by atoms with E-state index in [9.17, 15) is 13.2 Å². The number of anilines is 1. The number of aryl methyl sites for hydroxylation is 1. The van der Waals surface area contributed by atoms with Crippen molar-refractivity contribution < 1.29 is 17.4 Å². The molecule has 3 N–H and O–H groups in total. The van der Waals surface area contributed by atoms with E-state index in [0.29, 0.717) is 16.8 Å². The summed E-state index contributed by atoms with van der Waals surface area (Å²) in [5.41, 5.74) is 10.6. The van der Waals surface area contributed by atoms with E-state index in [4.69, 9.17) is 9.92 Å². The van der Waals surface area contributed by atoms with Crippen molar-refractivity contribution in [3.8, 4) is 5.75 Å². The Balaban J connectivity index is 1.61. The van der Waals surface area contributed by atoms with E-state index >= 15 is 0 Å². The maximum Gasteiger partial charge on any atom is 0.339 e. The standard InChI is InChI=1S/C21H19N3O4S/c1-15-2-12-20(13-3-15)29(26,27)28-19-10-4-16(5-11-19)14-23-24-21(25)17-6-8-18(22)9-7-17/h2-14H,22H2,1H3,(H,24,25)/b23-14+. The zero-order valence-corrected chi connectivity index (χ0v) is 16.4. The van der Waals surface area contributed by atoms with Gasteiger partial charge in [0.1, 0.15) is 10.6 Å². The highest BCUT2D eigenvalue weighted by Crippen LogP contribution is 2.19. The molecule has 3 aromatic rings. The van der Waals surface area contributed by atoms with Crippen LogP contribution in [0.15, 0.2) is 82.8 Å². The molecule has 3 rings (SSSR count). The highest BCUT2D eigenvalue weighted by atomic mass is 32.2. The summed E-state index contributed by atoms with van der Waals surface area (Å²) in [5.74, 6) is -0.195. The van der Waals surface area contributed by atoms with Gasteiger partial charge in [0.25, 0.3) is 5.91 Å². The Morgan fingerprint density at radius 3 is 2.21 bits per heavy atom. The number of hydrazone groups is 1. The molecule has 0 bridgehead atoms. The van der Waals surface area contributed by atoms with Crippen LogP contribution < -0.4 is 15.3 Å². The predicted molar refractivity (Wildman–Crippen MR) is 111 cm³/mol. The van der Waals surface area contributed by atoms with Crippen molar-refractivity contribution >= 4 is 27.9 Å². The van der Waals surface area contributed by atoms with Crippen LogP contribution in [-0.4, -0.2) is 20.5 Å². The fourth-order valence-corrected chi connectivity index (χ4v) is 3.28. The van der Waals surface area contributed by atoms with Gasteiger partial charge in [-0.2, -0.15) is 13.5 Å². The SMILES string of the molecule is Cc1ccc(S(=O)(=O)Oc2ccc(/C=N/NC(=O)c3ccc(N)cc3)cc2)cc1. The monoisotopic (exact) mass is 409 g/mol. The summed E-state index contributed by atoms with van der Waals surface area (Å²) in [6, 6.07) is 19.1. The van der Waals surface area contributed by atoms with Crippen molar-refractivity contribution in [2.24, 2.45) is 5.10 Å². The van der Waals surface area contributed by atoms with Crippen molar-refractivity contribution in [3.63, 3.8) is 0 Å². The number of rotatable bonds is 6. The van der Waals surface area contributed by atoms with E-state index in [1.54, 1.807) is 48.5 Å². The number of hydrogen-bond acceptors (Lipinski definition) is 6. The number of nitrogens with two attached hydrogens (primary N) is 1. The first-order chi connectivity index (χ1) is 13.8. The van der Waals surface area contributed by atoms with Gasteiger partial charge in [-0.05, 0) is 73.2 Å². The minimum absolute atomic E-state index is 0.0825. The maximum absolute atomic E-state index is 12.3. The van der Waals surface area contributed by atoms with Crippen molar-refractivity contribution in [2.75, 3.05) is 5.73 Å². The minimum atomic E-state index is -3.90. The molecule has 29 heavy (non-hydrogen) atoms. The molecule has 0 saturated heterocycles. The van der Waals surface area contributed by atoms with Crippen LogP contribution in [0.1, 0.15) is 21.5 Å². The lowest BCUT2D eigenvalue weighted by Crippen LogP contribution is -2.17. The molecule has 1 amide bonds. The normalized spacial score (nSPS) is 11.3. The molecule has 148 valence electrons. The first kappa shape index (κ1) is 20.1. The predicted octanol–water partition coefficient (Wildman–Crippen LogP) is 3.11. The van der Waals surface area contributed by atoms with Crippen LogP contribution in [0.2, 0.25) is 0 Å². The summed E-state index contributed by atoms with van der Waals surface area (Å²) in [7, 11) is -3.90. The van der Waals surface area contributed by atoms with Gasteiger partial charge in [0.05, 0.1) is 6.21 Å². The number of carbonyl (C=O) groups excluding carboxylic acids is 1. The van der Waals surface area contributed by atoms with Crippen LogP contribution in [0, 0.1) is 6.92 Å². The molecule has 0 aliphatic carbocycles. The second-order valence-electron chi connectivity index (χ2n) is 6.24. The number of nitrogen functional groups attached to an aromatic ring is 1. The molecule has 0 aliphatic rings. The van der Waals surface area contributed by atoms with Crippen molar-refractivity contribution in [3.05, 3.63) is 89.5 Å². The second kappa shape index (κ2) is 8.57. The lowest BCUT2D eigenvalue weighted by Gasteiger charge is -2.07. The minimum Gasteiger partial charge on any atom is -0.399 e. The summed E-state index contributed by atoms with van der Waals surface area (Å²) in [4.78, 5) is 12.0. The third kappa shape index (κ3) is 5.43. The zero-order chi connectivity index (χ0) is 20.9. The number of nitrogens with one attached hydrogen (secondary N) is 1. The molecule has 8 heteroatoms. The largest absolute Gasteiger partial charge is 0.399 e. The van der Waals surface area contributed by atoms with Crippen LogP contribution in [0.3, 0.4) is 0 Å². The Hall–Kier alpha value is -3.65. The number of benzene rings is 3. The van der Waals surface area contributed by atoms with E-state index in [0.717, 1.165) is 5.56 Å².